The minimum atomic E-state index is -0.00833. The predicted octanol–water partition coefficient (Wildman–Crippen LogP) is 1.70. The summed E-state index contributed by atoms with van der Waals surface area (Å²) in [6, 6.07) is 7.85. The van der Waals surface area contributed by atoms with Crippen molar-refractivity contribution in [2.75, 3.05) is 26.2 Å². The van der Waals surface area contributed by atoms with Crippen molar-refractivity contribution in [1.82, 2.24) is 15.4 Å². The average Bonchev–Trinajstić information content (AvgIpc) is 2.97. The summed E-state index contributed by atoms with van der Waals surface area (Å²) in [5.41, 5.74) is 2.53. The van der Waals surface area contributed by atoms with Gasteiger partial charge in [-0.05, 0) is 12.5 Å². The molecule has 1 aliphatic rings. The molecule has 1 aromatic heterocycles. The van der Waals surface area contributed by atoms with E-state index in [1.807, 2.05) is 36.1 Å². The highest BCUT2D eigenvalue weighted by Crippen LogP contribution is 2.27. The molecule has 0 atom stereocenters. The number of carbonyl (C=O) groups excluding carboxylic acids is 1. The Bertz CT molecular complexity index is 615. The zero-order chi connectivity index (χ0) is 13.9. The van der Waals surface area contributed by atoms with E-state index in [1.165, 1.54) is 6.20 Å². The summed E-state index contributed by atoms with van der Waals surface area (Å²) < 4.78 is 5.33. The Morgan fingerprint density at radius 2 is 2.05 bits per heavy atom. The Morgan fingerprint density at radius 3 is 2.80 bits per heavy atom. The highest BCUT2D eigenvalue weighted by molar-refractivity contribution is 5.99. The number of nitrogens with zero attached hydrogens (tertiary/aromatic N) is 2. The van der Waals surface area contributed by atoms with E-state index < -0.39 is 0 Å². The maximum Gasteiger partial charge on any atom is 0.259 e. The van der Waals surface area contributed by atoms with Gasteiger partial charge in [0.2, 0.25) is 0 Å². The molecule has 20 heavy (non-hydrogen) atoms. The van der Waals surface area contributed by atoms with Gasteiger partial charge in [-0.1, -0.05) is 29.4 Å². The Hall–Kier alpha value is -2.14. The van der Waals surface area contributed by atoms with Crippen molar-refractivity contribution in [2.24, 2.45) is 0 Å². The van der Waals surface area contributed by atoms with Crippen LogP contribution in [0.25, 0.3) is 11.3 Å². The second-order valence-corrected chi connectivity index (χ2v) is 4.93. The molecule has 0 aliphatic carbocycles. The number of aromatic nitrogens is 1. The number of aryl methyl sites for hydroxylation is 1. The van der Waals surface area contributed by atoms with E-state index in [1.54, 1.807) is 0 Å². The lowest BCUT2D eigenvalue weighted by molar-refractivity contribution is 0.0736. The molecule has 2 aromatic rings. The van der Waals surface area contributed by atoms with Crippen molar-refractivity contribution in [3.05, 3.63) is 41.6 Å². The molecule has 0 bridgehead atoms. The van der Waals surface area contributed by atoms with Gasteiger partial charge in [-0.3, -0.25) is 4.79 Å². The second kappa shape index (κ2) is 5.46. The molecule has 0 unspecified atom stereocenters. The Morgan fingerprint density at radius 1 is 1.30 bits per heavy atom. The van der Waals surface area contributed by atoms with Crippen LogP contribution in [0.2, 0.25) is 0 Å². The fraction of sp³-hybridized carbons (Fsp3) is 0.333. The van der Waals surface area contributed by atoms with E-state index in [4.69, 9.17) is 4.52 Å². The molecule has 3 rings (SSSR count). The van der Waals surface area contributed by atoms with Gasteiger partial charge in [0, 0.05) is 31.7 Å². The van der Waals surface area contributed by atoms with Gasteiger partial charge in [0.05, 0.1) is 6.20 Å². The molecular formula is C15H17N3O2. The van der Waals surface area contributed by atoms with Crippen molar-refractivity contribution >= 4 is 5.91 Å². The molecule has 5 heteroatoms. The largest absolute Gasteiger partial charge is 0.355 e. The van der Waals surface area contributed by atoms with E-state index in [0.717, 1.165) is 37.3 Å². The van der Waals surface area contributed by atoms with Crippen LogP contribution in [0.3, 0.4) is 0 Å². The predicted molar refractivity (Wildman–Crippen MR) is 75.4 cm³/mol. The van der Waals surface area contributed by atoms with Gasteiger partial charge < -0.3 is 14.7 Å². The summed E-state index contributed by atoms with van der Waals surface area (Å²) in [5, 5.41) is 7.05. The van der Waals surface area contributed by atoms with Crippen LogP contribution >= 0.6 is 0 Å². The number of amides is 1. The molecule has 5 nitrogen and oxygen atoms in total. The number of carbonyl (C=O) groups is 1. The summed E-state index contributed by atoms with van der Waals surface area (Å²) in [4.78, 5) is 14.4. The van der Waals surface area contributed by atoms with Crippen LogP contribution in [0.1, 0.15) is 15.9 Å². The van der Waals surface area contributed by atoms with Crippen molar-refractivity contribution in [2.45, 2.75) is 6.92 Å². The Labute approximate surface area is 117 Å². The summed E-state index contributed by atoms with van der Waals surface area (Å²) >= 11 is 0. The zero-order valence-corrected chi connectivity index (χ0v) is 11.4. The lowest BCUT2D eigenvalue weighted by Gasteiger charge is -2.27. The van der Waals surface area contributed by atoms with Crippen molar-refractivity contribution in [1.29, 1.82) is 0 Å². The van der Waals surface area contributed by atoms with E-state index in [0.29, 0.717) is 11.3 Å². The maximum atomic E-state index is 12.6. The van der Waals surface area contributed by atoms with E-state index in [9.17, 15) is 4.79 Å². The summed E-state index contributed by atoms with van der Waals surface area (Å²) in [6.07, 6.45) is 1.52. The number of rotatable bonds is 2. The van der Waals surface area contributed by atoms with Crippen molar-refractivity contribution < 1.29 is 9.32 Å². The minimum Gasteiger partial charge on any atom is -0.355 e. The molecule has 2 heterocycles. The average molecular weight is 271 g/mol. The highest BCUT2D eigenvalue weighted by atomic mass is 16.5. The molecule has 1 amide bonds. The maximum absolute atomic E-state index is 12.6. The van der Waals surface area contributed by atoms with Crippen molar-refractivity contribution in [3.8, 4) is 11.3 Å². The molecule has 104 valence electrons. The third kappa shape index (κ3) is 2.32. The monoisotopic (exact) mass is 271 g/mol. The first-order valence-corrected chi connectivity index (χ1v) is 6.78. The quantitative estimate of drug-likeness (QED) is 0.903. The first-order chi connectivity index (χ1) is 9.77. The van der Waals surface area contributed by atoms with E-state index in [2.05, 4.69) is 10.5 Å². The topological polar surface area (TPSA) is 58.4 Å². The third-order valence-corrected chi connectivity index (χ3v) is 3.59. The van der Waals surface area contributed by atoms with Gasteiger partial charge in [-0.25, -0.2) is 0 Å². The number of benzene rings is 1. The van der Waals surface area contributed by atoms with Crippen LogP contribution in [0, 0.1) is 6.92 Å². The number of hydrogen-bond acceptors (Lipinski definition) is 4. The first-order valence-electron chi connectivity index (χ1n) is 6.78. The molecule has 1 aliphatic heterocycles. The number of hydrogen-bond donors (Lipinski definition) is 1. The SMILES string of the molecule is Cc1ccccc1-c1oncc1C(=O)N1CCNCC1. The molecular weight excluding hydrogens is 254 g/mol. The standard InChI is InChI=1S/C15H17N3O2/c1-11-4-2-3-5-12(11)14-13(10-17-20-14)15(19)18-8-6-16-7-9-18/h2-5,10,16H,6-9H2,1H3. The van der Waals surface area contributed by atoms with Crippen molar-refractivity contribution in [3.63, 3.8) is 0 Å². The molecule has 0 spiro atoms. The molecule has 1 fully saturated rings. The first kappa shape index (κ1) is 12.9. The second-order valence-electron chi connectivity index (χ2n) is 4.93. The smallest absolute Gasteiger partial charge is 0.259 e. The fourth-order valence-electron chi connectivity index (χ4n) is 2.45. The van der Waals surface area contributed by atoms with Crippen LogP contribution in [0.5, 0.6) is 0 Å². The van der Waals surface area contributed by atoms with Crippen LogP contribution in [-0.4, -0.2) is 42.1 Å². The minimum absolute atomic E-state index is 0.00833. The highest BCUT2D eigenvalue weighted by Gasteiger charge is 2.24. The molecule has 1 saturated heterocycles. The van der Waals surface area contributed by atoms with Gasteiger partial charge in [0.25, 0.3) is 5.91 Å². The Kier molecular flexibility index (Phi) is 3.52. The normalized spacial score (nSPS) is 15.3. The molecule has 0 radical (unpaired) electrons. The lowest BCUT2D eigenvalue weighted by Crippen LogP contribution is -2.46. The summed E-state index contributed by atoms with van der Waals surface area (Å²) in [6.45, 7) is 5.10. The van der Waals surface area contributed by atoms with Gasteiger partial charge in [0.15, 0.2) is 5.76 Å². The van der Waals surface area contributed by atoms with Crippen LogP contribution in [-0.2, 0) is 0 Å². The number of nitrogens with one attached hydrogen (secondary N) is 1. The zero-order valence-electron chi connectivity index (χ0n) is 11.4. The fourth-order valence-corrected chi connectivity index (χ4v) is 2.45. The Balaban J connectivity index is 1.94. The van der Waals surface area contributed by atoms with E-state index >= 15 is 0 Å². The van der Waals surface area contributed by atoms with Crippen LogP contribution < -0.4 is 5.32 Å². The van der Waals surface area contributed by atoms with Gasteiger partial charge in [-0.15, -0.1) is 0 Å². The van der Waals surface area contributed by atoms with Crippen LogP contribution in [0.4, 0.5) is 0 Å². The third-order valence-electron chi connectivity index (χ3n) is 3.59. The van der Waals surface area contributed by atoms with E-state index in [-0.39, 0.29) is 5.91 Å². The summed E-state index contributed by atoms with van der Waals surface area (Å²) in [5.74, 6) is 0.553. The van der Waals surface area contributed by atoms with Gasteiger partial charge in [0.1, 0.15) is 5.56 Å². The number of piperazine rings is 1. The summed E-state index contributed by atoms with van der Waals surface area (Å²) in [7, 11) is 0. The van der Waals surface area contributed by atoms with Gasteiger partial charge in [-0.2, -0.15) is 0 Å². The van der Waals surface area contributed by atoms with Crippen LogP contribution in [0.15, 0.2) is 35.0 Å². The molecule has 1 aromatic carbocycles. The van der Waals surface area contributed by atoms with Gasteiger partial charge >= 0.3 is 0 Å². The lowest BCUT2D eigenvalue weighted by atomic mass is 10.0. The molecule has 0 saturated carbocycles. The molecule has 1 N–H and O–H groups in total.